The molecule has 0 bridgehead atoms. The quantitative estimate of drug-likeness (QED) is 0.887. The van der Waals surface area contributed by atoms with Gasteiger partial charge in [-0.25, -0.2) is 4.39 Å². The number of rotatable bonds is 3. The van der Waals surface area contributed by atoms with Gasteiger partial charge in [-0.3, -0.25) is 0 Å². The molecule has 2 nitrogen and oxygen atoms in total. The van der Waals surface area contributed by atoms with Gasteiger partial charge in [0.2, 0.25) is 0 Å². The first-order chi connectivity index (χ1) is 8.50. The lowest BCUT2D eigenvalue weighted by atomic mass is 9.92. The maximum absolute atomic E-state index is 13.6. The van der Waals surface area contributed by atoms with Gasteiger partial charge in [-0.1, -0.05) is 13.8 Å². The Morgan fingerprint density at radius 3 is 2.89 bits per heavy atom. The Hall–Kier alpha value is -1.40. The summed E-state index contributed by atoms with van der Waals surface area (Å²) in [5.74, 6) is -0.237. The lowest BCUT2D eigenvalue weighted by Crippen LogP contribution is -2.27. The Balaban J connectivity index is 1.97. The molecular weight excluding hydrogens is 227 g/mol. The van der Waals surface area contributed by atoms with Crippen LogP contribution in [-0.4, -0.2) is 6.04 Å². The lowest BCUT2D eigenvalue weighted by Gasteiger charge is -2.18. The van der Waals surface area contributed by atoms with Crippen molar-refractivity contribution < 1.29 is 4.39 Å². The Bertz CT molecular complexity index is 474. The van der Waals surface area contributed by atoms with Crippen LogP contribution in [0.15, 0.2) is 18.2 Å². The number of nitriles is 1. The van der Waals surface area contributed by atoms with Gasteiger partial charge in [0.05, 0.1) is 11.6 Å². The molecule has 1 aliphatic carbocycles. The molecule has 0 radical (unpaired) electrons. The molecule has 96 valence electrons. The third-order valence-corrected chi connectivity index (χ3v) is 3.72. The first-order valence-electron chi connectivity index (χ1n) is 6.42. The highest BCUT2D eigenvalue weighted by Crippen LogP contribution is 2.37. The first kappa shape index (κ1) is 13.0. The van der Waals surface area contributed by atoms with Crippen LogP contribution in [0.3, 0.4) is 0 Å². The molecule has 0 spiro atoms. The molecule has 1 atom stereocenters. The number of hydrogen-bond acceptors (Lipinski definition) is 2. The third-order valence-electron chi connectivity index (χ3n) is 3.72. The summed E-state index contributed by atoms with van der Waals surface area (Å²) < 4.78 is 13.6. The van der Waals surface area contributed by atoms with Crippen molar-refractivity contribution in [3.05, 3.63) is 35.1 Å². The van der Waals surface area contributed by atoms with E-state index in [0.29, 0.717) is 29.1 Å². The van der Waals surface area contributed by atoms with Crippen LogP contribution in [0.2, 0.25) is 0 Å². The van der Waals surface area contributed by atoms with Crippen LogP contribution in [0.1, 0.15) is 44.2 Å². The number of halogens is 1. The summed E-state index contributed by atoms with van der Waals surface area (Å²) >= 11 is 0. The second-order valence-electron chi connectivity index (χ2n) is 5.90. The molecule has 2 rings (SSSR count). The van der Waals surface area contributed by atoms with Crippen LogP contribution in [0.5, 0.6) is 0 Å². The highest BCUT2D eigenvalue weighted by molar-refractivity contribution is 5.33. The average molecular weight is 246 g/mol. The molecule has 0 aromatic heterocycles. The minimum absolute atomic E-state index is 0.237. The molecule has 18 heavy (non-hydrogen) atoms. The number of benzene rings is 1. The van der Waals surface area contributed by atoms with Crippen LogP contribution in [0.25, 0.3) is 0 Å². The fourth-order valence-corrected chi connectivity index (χ4v) is 2.64. The minimum atomic E-state index is -0.237. The van der Waals surface area contributed by atoms with Crippen LogP contribution in [0.4, 0.5) is 4.39 Å². The molecule has 1 fully saturated rings. The fourth-order valence-electron chi connectivity index (χ4n) is 2.64. The summed E-state index contributed by atoms with van der Waals surface area (Å²) in [6.07, 6.45) is 3.49. The number of hydrogen-bond donors (Lipinski definition) is 1. The van der Waals surface area contributed by atoms with Crippen LogP contribution in [-0.2, 0) is 6.54 Å². The average Bonchev–Trinajstić information content (AvgIpc) is 2.68. The van der Waals surface area contributed by atoms with Crippen molar-refractivity contribution in [2.45, 2.75) is 45.7 Å². The molecule has 0 aliphatic heterocycles. The zero-order valence-corrected chi connectivity index (χ0v) is 11.0. The van der Waals surface area contributed by atoms with Gasteiger partial charge in [0.25, 0.3) is 0 Å². The second kappa shape index (κ2) is 5.07. The van der Waals surface area contributed by atoms with Crippen molar-refractivity contribution in [3.8, 4) is 6.07 Å². The van der Waals surface area contributed by atoms with E-state index in [-0.39, 0.29) is 5.82 Å². The number of nitrogens with zero attached hydrogens (tertiary/aromatic N) is 1. The molecule has 1 N–H and O–H groups in total. The molecule has 0 saturated heterocycles. The summed E-state index contributed by atoms with van der Waals surface area (Å²) in [4.78, 5) is 0. The van der Waals surface area contributed by atoms with Gasteiger partial charge in [-0.15, -0.1) is 0 Å². The summed E-state index contributed by atoms with van der Waals surface area (Å²) in [5.41, 5.74) is 1.49. The third kappa shape index (κ3) is 3.08. The largest absolute Gasteiger partial charge is 0.310 e. The van der Waals surface area contributed by atoms with E-state index >= 15 is 0 Å². The first-order valence-corrected chi connectivity index (χ1v) is 6.42. The van der Waals surface area contributed by atoms with Crippen LogP contribution >= 0.6 is 0 Å². The minimum Gasteiger partial charge on any atom is -0.310 e. The molecule has 0 amide bonds. The van der Waals surface area contributed by atoms with E-state index in [4.69, 9.17) is 5.26 Å². The Morgan fingerprint density at radius 2 is 2.28 bits per heavy atom. The summed E-state index contributed by atoms with van der Waals surface area (Å²) in [7, 11) is 0. The molecule has 1 saturated carbocycles. The molecule has 1 aromatic carbocycles. The SMILES string of the molecule is CC1(C)CCC(NCc2cc(C#N)ccc2F)C1. The zero-order valence-electron chi connectivity index (χ0n) is 11.0. The van der Waals surface area contributed by atoms with Gasteiger partial charge in [0.1, 0.15) is 5.82 Å². The molecule has 3 heteroatoms. The standard InChI is InChI=1S/C15H19FN2/c1-15(2)6-5-13(8-15)18-10-12-7-11(9-17)3-4-14(12)16/h3-4,7,13,18H,5-6,8,10H2,1-2H3. The second-order valence-corrected chi connectivity index (χ2v) is 5.90. The van der Waals surface area contributed by atoms with Gasteiger partial charge >= 0.3 is 0 Å². The maximum atomic E-state index is 13.6. The molecule has 0 heterocycles. The smallest absolute Gasteiger partial charge is 0.127 e. The molecule has 1 unspecified atom stereocenters. The molecule has 1 aromatic rings. The van der Waals surface area contributed by atoms with Crippen molar-refractivity contribution in [3.63, 3.8) is 0 Å². The topological polar surface area (TPSA) is 35.8 Å². The normalized spacial score (nSPS) is 21.8. The highest BCUT2D eigenvalue weighted by atomic mass is 19.1. The van der Waals surface area contributed by atoms with Crippen LogP contribution in [0, 0.1) is 22.6 Å². The Labute approximate surface area is 108 Å². The van der Waals surface area contributed by atoms with Gasteiger partial charge in [-0.05, 0) is 42.9 Å². The van der Waals surface area contributed by atoms with E-state index in [0.717, 1.165) is 12.8 Å². The van der Waals surface area contributed by atoms with Crippen molar-refractivity contribution in [2.24, 2.45) is 5.41 Å². The van der Waals surface area contributed by atoms with Gasteiger partial charge in [-0.2, -0.15) is 5.26 Å². The molecular formula is C15H19FN2. The predicted molar refractivity (Wildman–Crippen MR) is 69.4 cm³/mol. The van der Waals surface area contributed by atoms with Crippen molar-refractivity contribution >= 4 is 0 Å². The summed E-state index contributed by atoms with van der Waals surface area (Å²) in [5, 5.41) is 12.2. The van der Waals surface area contributed by atoms with E-state index in [9.17, 15) is 4.39 Å². The summed E-state index contributed by atoms with van der Waals surface area (Å²) in [6, 6.07) is 7.01. The zero-order chi connectivity index (χ0) is 13.2. The fraction of sp³-hybridized carbons (Fsp3) is 0.533. The van der Waals surface area contributed by atoms with E-state index in [1.54, 1.807) is 6.07 Å². The Morgan fingerprint density at radius 1 is 1.50 bits per heavy atom. The lowest BCUT2D eigenvalue weighted by molar-refractivity contribution is 0.363. The van der Waals surface area contributed by atoms with E-state index in [2.05, 4.69) is 19.2 Å². The number of nitrogens with one attached hydrogen (secondary N) is 1. The van der Waals surface area contributed by atoms with Crippen molar-refractivity contribution in [2.75, 3.05) is 0 Å². The monoisotopic (exact) mass is 246 g/mol. The molecule has 1 aliphatic rings. The van der Waals surface area contributed by atoms with E-state index in [1.165, 1.54) is 18.6 Å². The predicted octanol–water partition coefficient (Wildman–Crippen LogP) is 3.37. The van der Waals surface area contributed by atoms with Crippen molar-refractivity contribution in [1.29, 1.82) is 5.26 Å². The highest BCUT2D eigenvalue weighted by Gasteiger charge is 2.30. The van der Waals surface area contributed by atoms with E-state index < -0.39 is 0 Å². The van der Waals surface area contributed by atoms with Gasteiger partial charge < -0.3 is 5.32 Å². The van der Waals surface area contributed by atoms with Crippen molar-refractivity contribution in [1.82, 2.24) is 5.32 Å². The van der Waals surface area contributed by atoms with Gasteiger partial charge in [0.15, 0.2) is 0 Å². The maximum Gasteiger partial charge on any atom is 0.127 e. The summed E-state index contributed by atoms with van der Waals surface area (Å²) in [6.45, 7) is 5.04. The van der Waals surface area contributed by atoms with Crippen LogP contribution < -0.4 is 5.32 Å². The van der Waals surface area contributed by atoms with Gasteiger partial charge in [0, 0.05) is 18.2 Å². The van der Waals surface area contributed by atoms with E-state index in [1.807, 2.05) is 6.07 Å². The Kier molecular flexibility index (Phi) is 3.68.